The topological polar surface area (TPSA) is 75.4 Å². The maximum absolute atomic E-state index is 13.3. The number of carbonyl (C=O) groups excluding carboxylic acids is 1. The Balaban J connectivity index is 0.000000360. The summed E-state index contributed by atoms with van der Waals surface area (Å²) < 4.78 is 60.0. The lowest BCUT2D eigenvalue weighted by Gasteiger charge is -2.16. The Kier molecular flexibility index (Phi) is 6.75. The molecule has 1 fully saturated rings. The number of likely N-dealkylation sites (tertiary alicyclic amines) is 1. The number of carboxylic acids is 1. The Morgan fingerprint density at radius 1 is 1.12 bits per heavy atom. The van der Waals surface area contributed by atoms with Crippen LogP contribution in [0, 0.1) is 5.82 Å². The highest BCUT2D eigenvalue weighted by atomic mass is 19.4. The minimum Gasteiger partial charge on any atom is -0.475 e. The predicted octanol–water partition coefficient (Wildman–Crippen LogP) is 4.05. The minimum atomic E-state index is -5.08. The quantitative estimate of drug-likeness (QED) is 0.605. The number of pyridine rings is 1. The standard InChI is InChI=1S/C19H17F2N3O.C2HF3O2/c20-15-3-1-13(2-4-15)14-9-18-17(22-10-14)6-8-23(18)12-19(25)24-7-5-16(21)11-24;3-2(4,5)1(6)7/h1-4,6,8-10,16H,5,7,11-12H2;(H,6,7)/t16-;/m1./s1. The second-order valence-electron chi connectivity index (χ2n) is 7.11. The number of nitrogens with zero attached hydrogens (tertiary/aromatic N) is 3. The number of benzene rings is 1. The SMILES string of the molecule is O=C(Cn1ccc2ncc(-c3ccc(F)cc3)cc21)N1CC[C@@H](F)C1.O=C(O)C(F)(F)F. The summed E-state index contributed by atoms with van der Waals surface area (Å²) in [5.74, 6) is -3.14. The number of carbonyl (C=O) groups is 2. The van der Waals surface area contributed by atoms with Gasteiger partial charge in [-0.15, -0.1) is 0 Å². The number of aliphatic carboxylic acids is 1. The molecular formula is C21H18F5N3O3. The van der Waals surface area contributed by atoms with Crippen molar-refractivity contribution in [3.63, 3.8) is 0 Å². The first kappa shape index (κ1) is 23.2. The number of carboxylic acid groups (broad SMARTS) is 1. The van der Waals surface area contributed by atoms with Crippen LogP contribution in [0.5, 0.6) is 0 Å². The molecule has 0 saturated carbocycles. The van der Waals surface area contributed by atoms with Crippen molar-refractivity contribution in [3.8, 4) is 11.1 Å². The first-order valence-electron chi connectivity index (χ1n) is 9.47. The first-order chi connectivity index (χ1) is 15.0. The highest BCUT2D eigenvalue weighted by Gasteiger charge is 2.38. The second kappa shape index (κ2) is 9.33. The van der Waals surface area contributed by atoms with Gasteiger partial charge in [-0.1, -0.05) is 12.1 Å². The Labute approximate surface area is 178 Å². The number of alkyl halides is 4. The molecule has 1 saturated heterocycles. The van der Waals surface area contributed by atoms with Crippen molar-refractivity contribution < 1.29 is 36.6 Å². The molecule has 6 nitrogen and oxygen atoms in total. The van der Waals surface area contributed by atoms with Crippen LogP contribution in [0.25, 0.3) is 22.2 Å². The lowest BCUT2D eigenvalue weighted by Crippen LogP contribution is -2.31. The van der Waals surface area contributed by atoms with E-state index in [0.717, 1.165) is 22.2 Å². The molecule has 1 aliphatic heterocycles. The van der Waals surface area contributed by atoms with E-state index in [0.29, 0.717) is 13.0 Å². The van der Waals surface area contributed by atoms with Crippen molar-refractivity contribution >= 4 is 22.9 Å². The number of fused-ring (bicyclic) bond motifs is 1. The van der Waals surface area contributed by atoms with Crippen LogP contribution >= 0.6 is 0 Å². The van der Waals surface area contributed by atoms with Crippen molar-refractivity contribution in [1.82, 2.24) is 14.5 Å². The zero-order valence-electron chi connectivity index (χ0n) is 16.5. The van der Waals surface area contributed by atoms with E-state index in [9.17, 15) is 26.7 Å². The van der Waals surface area contributed by atoms with Crippen LogP contribution in [0.4, 0.5) is 22.0 Å². The average Bonchev–Trinajstić information content (AvgIpc) is 3.34. The van der Waals surface area contributed by atoms with Gasteiger partial charge in [-0.2, -0.15) is 13.2 Å². The molecule has 0 aliphatic carbocycles. The molecule has 32 heavy (non-hydrogen) atoms. The molecule has 0 bridgehead atoms. The second-order valence-corrected chi connectivity index (χ2v) is 7.11. The Bertz CT molecular complexity index is 1110. The Morgan fingerprint density at radius 3 is 2.34 bits per heavy atom. The molecule has 1 aromatic carbocycles. The lowest BCUT2D eigenvalue weighted by atomic mass is 10.1. The lowest BCUT2D eigenvalue weighted by molar-refractivity contribution is -0.192. The molecule has 1 amide bonds. The van der Waals surface area contributed by atoms with Gasteiger partial charge in [-0.05, 0) is 36.2 Å². The monoisotopic (exact) mass is 455 g/mol. The van der Waals surface area contributed by atoms with Gasteiger partial charge in [0.05, 0.1) is 17.6 Å². The van der Waals surface area contributed by atoms with Crippen LogP contribution < -0.4 is 0 Å². The third-order valence-electron chi connectivity index (χ3n) is 4.83. The maximum Gasteiger partial charge on any atom is 0.490 e. The molecule has 1 aliphatic rings. The number of hydrogen-bond donors (Lipinski definition) is 1. The summed E-state index contributed by atoms with van der Waals surface area (Å²) in [6.45, 7) is 0.806. The molecule has 0 radical (unpaired) electrons. The number of aromatic nitrogens is 2. The molecule has 11 heteroatoms. The molecule has 1 N–H and O–H groups in total. The first-order valence-corrected chi connectivity index (χ1v) is 9.47. The molecule has 4 rings (SSSR count). The van der Waals surface area contributed by atoms with Crippen LogP contribution in [0.1, 0.15) is 6.42 Å². The summed E-state index contributed by atoms with van der Waals surface area (Å²) in [7, 11) is 0. The molecular weight excluding hydrogens is 437 g/mol. The van der Waals surface area contributed by atoms with Crippen molar-refractivity contribution in [2.24, 2.45) is 0 Å². The smallest absolute Gasteiger partial charge is 0.475 e. The van der Waals surface area contributed by atoms with Gasteiger partial charge in [-0.3, -0.25) is 9.78 Å². The Morgan fingerprint density at radius 2 is 1.78 bits per heavy atom. The van der Waals surface area contributed by atoms with Gasteiger partial charge in [0.2, 0.25) is 5.91 Å². The van der Waals surface area contributed by atoms with Gasteiger partial charge >= 0.3 is 12.1 Å². The molecule has 3 aromatic rings. The van der Waals surface area contributed by atoms with Crippen molar-refractivity contribution in [2.45, 2.75) is 25.3 Å². The molecule has 3 heterocycles. The van der Waals surface area contributed by atoms with Crippen molar-refractivity contribution in [3.05, 3.63) is 54.6 Å². The van der Waals surface area contributed by atoms with E-state index in [1.165, 1.54) is 12.1 Å². The number of halogens is 5. The van der Waals surface area contributed by atoms with Crippen LogP contribution in [0.3, 0.4) is 0 Å². The van der Waals surface area contributed by atoms with Gasteiger partial charge in [0.15, 0.2) is 0 Å². The highest BCUT2D eigenvalue weighted by molar-refractivity contribution is 5.84. The third kappa shape index (κ3) is 5.59. The molecule has 1 atom stereocenters. The average molecular weight is 455 g/mol. The fourth-order valence-electron chi connectivity index (χ4n) is 3.19. The molecule has 2 aromatic heterocycles. The van der Waals surface area contributed by atoms with Gasteiger partial charge in [-0.25, -0.2) is 13.6 Å². The van der Waals surface area contributed by atoms with E-state index in [1.54, 1.807) is 23.2 Å². The fraction of sp³-hybridized carbons (Fsp3) is 0.286. The van der Waals surface area contributed by atoms with Gasteiger partial charge in [0.25, 0.3) is 0 Å². The van der Waals surface area contributed by atoms with Crippen molar-refractivity contribution in [2.75, 3.05) is 13.1 Å². The fourth-order valence-corrected chi connectivity index (χ4v) is 3.19. The van der Waals surface area contributed by atoms with E-state index in [4.69, 9.17) is 9.90 Å². The summed E-state index contributed by atoms with van der Waals surface area (Å²) in [5.41, 5.74) is 3.31. The summed E-state index contributed by atoms with van der Waals surface area (Å²) in [6, 6.07) is 9.99. The highest BCUT2D eigenvalue weighted by Crippen LogP contribution is 2.24. The van der Waals surface area contributed by atoms with Crippen LogP contribution in [-0.2, 0) is 16.1 Å². The largest absolute Gasteiger partial charge is 0.490 e. The van der Waals surface area contributed by atoms with E-state index in [1.807, 2.05) is 22.9 Å². The summed E-state index contributed by atoms with van der Waals surface area (Å²) >= 11 is 0. The number of hydrogen-bond acceptors (Lipinski definition) is 3. The Hall–Kier alpha value is -3.50. The van der Waals surface area contributed by atoms with E-state index in [-0.39, 0.29) is 24.8 Å². The number of amides is 1. The van der Waals surface area contributed by atoms with Crippen molar-refractivity contribution in [1.29, 1.82) is 0 Å². The van der Waals surface area contributed by atoms with Gasteiger partial charge in [0, 0.05) is 24.5 Å². The summed E-state index contributed by atoms with van der Waals surface area (Å²) in [4.78, 5) is 27.2. The zero-order chi connectivity index (χ0) is 23.5. The molecule has 0 spiro atoms. The maximum atomic E-state index is 13.3. The minimum absolute atomic E-state index is 0.0927. The molecule has 170 valence electrons. The van der Waals surface area contributed by atoms with E-state index >= 15 is 0 Å². The third-order valence-corrected chi connectivity index (χ3v) is 4.83. The molecule has 0 unspecified atom stereocenters. The summed E-state index contributed by atoms with van der Waals surface area (Å²) in [6.07, 6.45) is -2.05. The van der Waals surface area contributed by atoms with Crippen LogP contribution in [0.15, 0.2) is 48.8 Å². The van der Waals surface area contributed by atoms with E-state index in [2.05, 4.69) is 4.98 Å². The van der Waals surface area contributed by atoms with Gasteiger partial charge < -0.3 is 14.6 Å². The normalized spacial score (nSPS) is 16.0. The van der Waals surface area contributed by atoms with Crippen LogP contribution in [-0.4, -0.2) is 56.9 Å². The summed E-state index contributed by atoms with van der Waals surface area (Å²) in [5, 5.41) is 7.12. The van der Waals surface area contributed by atoms with Crippen LogP contribution in [0.2, 0.25) is 0 Å². The predicted molar refractivity (Wildman–Crippen MR) is 105 cm³/mol. The van der Waals surface area contributed by atoms with Gasteiger partial charge in [0.1, 0.15) is 18.5 Å². The van der Waals surface area contributed by atoms with E-state index < -0.39 is 18.3 Å². The number of rotatable bonds is 3. The zero-order valence-corrected chi connectivity index (χ0v) is 16.5.